The first kappa shape index (κ1) is 15.4. The van der Waals surface area contributed by atoms with E-state index in [0.717, 1.165) is 0 Å². The van der Waals surface area contributed by atoms with Crippen LogP contribution in [0.1, 0.15) is 22.5 Å². The van der Waals surface area contributed by atoms with E-state index in [1.54, 1.807) is 0 Å². The third-order valence-corrected chi connectivity index (χ3v) is 5.05. The number of rotatable bonds is 4. The van der Waals surface area contributed by atoms with Crippen LogP contribution in [-0.2, 0) is 14.8 Å². The predicted octanol–water partition coefficient (Wildman–Crippen LogP) is -1.97. The van der Waals surface area contributed by atoms with Crippen molar-refractivity contribution in [3.05, 3.63) is 11.3 Å². The molecule has 0 radical (unpaired) electrons. The Morgan fingerprint density at radius 1 is 1.48 bits per heavy atom. The van der Waals surface area contributed by atoms with E-state index in [4.69, 9.17) is 10.8 Å². The zero-order valence-corrected chi connectivity index (χ0v) is 11.8. The van der Waals surface area contributed by atoms with E-state index in [-0.39, 0.29) is 18.7 Å². The number of nitrogens with one attached hydrogen (secondary N) is 1. The van der Waals surface area contributed by atoms with E-state index in [0.29, 0.717) is 4.31 Å². The molecule has 2 rings (SSSR count). The molecule has 0 saturated carbocycles. The van der Waals surface area contributed by atoms with Gasteiger partial charge < -0.3 is 15.9 Å². The fourth-order valence-corrected chi connectivity index (χ4v) is 4.04. The Labute approximate surface area is 119 Å². The Kier molecular flexibility index (Phi) is 3.74. The molecular weight excluding hydrogens is 304 g/mol. The summed E-state index contributed by atoms with van der Waals surface area (Å²) in [6.07, 6.45) is -1.19. The summed E-state index contributed by atoms with van der Waals surface area (Å²) in [4.78, 5) is 22.5. The SMILES string of the molecule is Cc1[nH]nc(S(=O)(=O)N2CC(O)CC2C(N)=O)c1C(=O)O. The molecule has 0 aliphatic carbocycles. The molecule has 1 saturated heterocycles. The summed E-state index contributed by atoms with van der Waals surface area (Å²) in [5.41, 5.74) is 4.69. The highest BCUT2D eigenvalue weighted by molar-refractivity contribution is 7.89. The third kappa shape index (κ3) is 2.50. The Balaban J connectivity index is 2.52. The highest BCUT2D eigenvalue weighted by Crippen LogP contribution is 2.28. The van der Waals surface area contributed by atoms with Crippen LogP contribution in [0.25, 0.3) is 0 Å². The minimum atomic E-state index is -4.37. The summed E-state index contributed by atoms with van der Waals surface area (Å²) >= 11 is 0. The summed E-state index contributed by atoms with van der Waals surface area (Å²) in [6, 6.07) is -1.23. The number of aliphatic hydroxyl groups excluding tert-OH is 1. The van der Waals surface area contributed by atoms with Crippen molar-refractivity contribution in [3.8, 4) is 0 Å². The fourth-order valence-electron chi connectivity index (χ4n) is 2.26. The molecule has 5 N–H and O–H groups in total. The van der Waals surface area contributed by atoms with Gasteiger partial charge in [0, 0.05) is 18.7 Å². The first-order valence-corrected chi connectivity index (χ1v) is 7.37. The quantitative estimate of drug-likeness (QED) is 0.499. The van der Waals surface area contributed by atoms with Crippen molar-refractivity contribution in [2.75, 3.05) is 6.54 Å². The normalized spacial score (nSPS) is 23.3. The molecule has 2 atom stereocenters. The maximum Gasteiger partial charge on any atom is 0.340 e. The first-order valence-electron chi connectivity index (χ1n) is 5.93. The van der Waals surface area contributed by atoms with Gasteiger partial charge in [0.05, 0.1) is 6.10 Å². The zero-order valence-electron chi connectivity index (χ0n) is 11.0. The highest BCUT2D eigenvalue weighted by atomic mass is 32.2. The van der Waals surface area contributed by atoms with Gasteiger partial charge in [0.15, 0.2) is 0 Å². The van der Waals surface area contributed by atoms with Crippen LogP contribution >= 0.6 is 0 Å². The number of carboxylic acids is 1. The van der Waals surface area contributed by atoms with E-state index in [9.17, 15) is 23.1 Å². The molecule has 0 bridgehead atoms. The van der Waals surface area contributed by atoms with Crippen molar-refractivity contribution in [3.63, 3.8) is 0 Å². The van der Waals surface area contributed by atoms with Gasteiger partial charge in [-0.15, -0.1) is 0 Å². The van der Waals surface area contributed by atoms with Crippen molar-refractivity contribution in [1.82, 2.24) is 14.5 Å². The molecule has 1 aromatic rings. The van der Waals surface area contributed by atoms with Crippen LogP contribution in [0.5, 0.6) is 0 Å². The van der Waals surface area contributed by atoms with Gasteiger partial charge in [-0.2, -0.15) is 9.40 Å². The maximum atomic E-state index is 12.5. The number of aryl methyl sites for hydroxylation is 1. The number of carboxylic acid groups (broad SMARTS) is 1. The minimum absolute atomic E-state index is 0.0662. The summed E-state index contributed by atoms with van der Waals surface area (Å²) in [7, 11) is -4.37. The van der Waals surface area contributed by atoms with Crippen molar-refractivity contribution in [1.29, 1.82) is 0 Å². The second-order valence-electron chi connectivity index (χ2n) is 4.72. The third-order valence-electron chi connectivity index (χ3n) is 3.24. The number of aromatic amines is 1. The lowest BCUT2D eigenvalue weighted by Crippen LogP contribution is -2.44. The molecule has 1 aromatic heterocycles. The number of nitrogens with two attached hydrogens (primary N) is 1. The maximum absolute atomic E-state index is 12.5. The number of hydrogen-bond donors (Lipinski definition) is 4. The fraction of sp³-hybridized carbons (Fsp3) is 0.500. The van der Waals surface area contributed by atoms with Gasteiger partial charge in [-0.05, 0) is 6.92 Å². The molecule has 1 aliphatic rings. The van der Waals surface area contributed by atoms with Crippen LogP contribution in [0.4, 0.5) is 0 Å². The number of aromatic carboxylic acids is 1. The zero-order chi connectivity index (χ0) is 15.9. The van der Waals surface area contributed by atoms with Gasteiger partial charge in [-0.1, -0.05) is 0 Å². The van der Waals surface area contributed by atoms with Crippen LogP contribution in [0.3, 0.4) is 0 Å². The topological polar surface area (TPSA) is 167 Å². The smallest absolute Gasteiger partial charge is 0.340 e. The van der Waals surface area contributed by atoms with Crippen LogP contribution in [-0.4, -0.2) is 63.7 Å². The molecule has 1 fully saturated rings. The lowest BCUT2D eigenvalue weighted by atomic mass is 10.2. The monoisotopic (exact) mass is 318 g/mol. The average Bonchev–Trinajstić information content (AvgIpc) is 2.92. The lowest BCUT2D eigenvalue weighted by Gasteiger charge is -2.20. The van der Waals surface area contributed by atoms with Crippen LogP contribution in [0.15, 0.2) is 5.03 Å². The van der Waals surface area contributed by atoms with Crippen molar-refractivity contribution in [2.24, 2.45) is 5.73 Å². The van der Waals surface area contributed by atoms with Gasteiger partial charge in [-0.3, -0.25) is 9.89 Å². The molecular formula is C10H14N4O6S. The van der Waals surface area contributed by atoms with Gasteiger partial charge >= 0.3 is 5.97 Å². The van der Waals surface area contributed by atoms with E-state index in [1.807, 2.05) is 0 Å². The molecule has 2 heterocycles. The number of H-pyrrole nitrogens is 1. The van der Waals surface area contributed by atoms with E-state index in [1.165, 1.54) is 6.92 Å². The predicted molar refractivity (Wildman–Crippen MR) is 67.8 cm³/mol. The summed E-state index contributed by atoms with van der Waals surface area (Å²) in [5.74, 6) is -2.38. The van der Waals surface area contributed by atoms with Crippen molar-refractivity contribution < 1.29 is 28.2 Å². The second-order valence-corrected chi connectivity index (χ2v) is 6.52. The minimum Gasteiger partial charge on any atom is -0.478 e. The van der Waals surface area contributed by atoms with Crippen LogP contribution in [0.2, 0.25) is 0 Å². The molecule has 1 aliphatic heterocycles. The molecule has 1 amide bonds. The number of carbonyl (C=O) groups excluding carboxylic acids is 1. The Morgan fingerprint density at radius 2 is 2.10 bits per heavy atom. The van der Waals surface area contributed by atoms with E-state index >= 15 is 0 Å². The summed E-state index contributed by atoms with van der Waals surface area (Å²) < 4.78 is 25.7. The lowest BCUT2D eigenvalue weighted by molar-refractivity contribution is -0.121. The molecule has 10 nitrogen and oxygen atoms in total. The number of carbonyl (C=O) groups is 2. The van der Waals surface area contributed by atoms with Gasteiger partial charge in [0.1, 0.15) is 11.6 Å². The number of aliphatic hydroxyl groups is 1. The largest absolute Gasteiger partial charge is 0.478 e. The van der Waals surface area contributed by atoms with Gasteiger partial charge in [-0.25, -0.2) is 13.2 Å². The summed E-state index contributed by atoms with van der Waals surface area (Å²) in [5, 5.41) is 23.7. The standard InChI is InChI=1S/C10H14N4O6S/c1-4-7(10(17)18)9(13-12-4)21(19,20)14-3-5(15)2-6(14)8(11)16/h5-6,15H,2-3H2,1H3,(H2,11,16)(H,12,13)(H,17,18). The number of amides is 1. The second kappa shape index (κ2) is 5.09. The van der Waals surface area contributed by atoms with Crippen molar-refractivity contribution in [2.45, 2.75) is 30.5 Å². The average molecular weight is 318 g/mol. The Morgan fingerprint density at radius 3 is 2.62 bits per heavy atom. The van der Waals surface area contributed by atoms with Crippen LogP contribution in [0, 0.1) is 6.92 Å². The highest BCUT2D eigenvalue weighted by Gasteiger charge is 2.45. The number of nitrogens with zero attached hydrogens (tertiary/aromatic N) is 2. The van der Waals surface area contributed by atoms with Gasteiger partial charge in [0.25, 0.3) is 10.0 Å². The Bertz CT molecular complexity index is 696. The number of hydrogen-bond acceptors (Lipinski definition) is 6. The molecule has 116 valence electrons. The van der Waals surface area contributed by atoms with Crippen LogP contribution < -0.4 is 5.73 Å². The Hall–Kier alpha value is -1.98. The summed E-state index contributed by atoms with van der Waals surface area (Å²) in [6.45, 7) is 1.01. The number of primary amides is 1. The molecule has 11 heteroatoms. The molecule has 2 unspecified atom stereocenters. The first-order chi connectivity index (χ1) is 9.66. The molecule has 0 aromatic carbocycles. The number of β-amino-alcohol motifs (C(OH)–C–C–N with tert-alkyl or cyclic N) is 1. The molecule has 21 heavy (non-hydrogen) atoms. The van der Waals surface area contributed by atoms with Crippen molar-refractivity contribution >= 4 is 21.9 Å². The number of aromatic nitrogens is 2. The molecule has 0 spiro atoms. The van der Waals surface area contributed by atoms with E-state index in [2.05, 4.69) is 10.2 Å². The number of sulfonamides is 1. The van der Waals surface area contributed by atoms with E-state index < -0.39 is 44.6 Å². The van der Waals surface area contributed by atoms with Gasteiger partial charge in [0.2, 0.25) is 10.9 Å².